The molecule has 3 heterocycles. The van der Waals surface area contributed by atoms with Crippen LogP contribution in [-0.4, -0.2) is 47.8 Å². The van der Waals surface area contributed by atoms with Gasteiger partial charge in [0.05, 0.1) is 13.1 Å². The third-order valence-electron chi connectivity index (χ3n) is 5.87. The molecule has 3 aromatic rings. The number of hydrogen-bond acceptors (Lipinski definition) is 3. The van der Waals surface area contributed by atoms with E-state index in [0.717, 1.165) is 38.1 Å². The van der Waals surface area contributed by atoms with Gasteiger partial charge in [0.1, 0.15) is 0 Å². The van der Waals surface area contributed by atoms with Crippen molar-refractivity contribution in [3.05, 3.63) is 59.9 Å². The number of carbonyl (C=O) groups is 2. The van der Waals surface area contributed by atoms with Gasteiger partial charge in [0.2, 0.25) is 5.91 Å². The van der Waals surface area contributed by atoms with E-state index in [1.54, 1.807) is 42.5 Å². The number of halogens is 2. The van der Waals surface area contributed by atoms with Crippen LogP contribution in [0.5, 0.6) is 0 Å². The Labute approximate surface area is 171 Å². The second kappa shape index (κ2) is 6.58. The van der Waals surface area contributed by atoms with Gasteiger partial charge in [-0.05, 0) is 47.2 Å². The largest absolute Gasteiger partial charge is 0.326 e. The van der Waals surface area contributed by atoms with Gasteiger partial charge in [-0.25, -0.2) is 8.78 Å². The lowest BCUT2D eigenvalue weighted by molar-refractivity contribution is -0.118. The van der Waals surface area contributed by atoms with Crippen molar-refractivity contribution in [2.45, 2.75) is 18.8 Å². The zero-order chi connectivity index (χ0) is 21.0. The molecular weight excluding hydrogens is 388 g/mol. The zero-order valence-electron chi connectivity index (χ0n) is 16.4. The lowest BCUT2D eigenvalue weighted by atomic mass is 9.94. The number of nitrogens with zero attached hydrogens (tertiary/aromatic N) is 3. The molecule has 0 aliphatic carbocycles. The molecule has 0 atom stereocenters. The van der Waals surface area contributed by atoms with E-state index in [9.17, 15) is 18.4 Å². The van der Waals surface area contributed by atoms with Gasteiger partial charge in [0.25, 0.3) is 11.8 Å². The van der Waals surface area contributed by atoms with E-state index in [1.165, 1.54) is 0 Å². The molecule has 7 heteroatoms. The van der Waals surface area contributed by atoms with Crippen molar-refractivity contribution in [1.82, 2.24) is 9.88 Å². The molecule has 2 aliphatic heterocycles. The van der Waals surface area contributed by atoms with Crippen LogP contribution < -0.4 is 4.90 Å². The number of rotatable bonds is 2. The van der Waals surface area contributed by atoms with Gasteiger partial charge in [-0.15, -0.1) is 0 Å². The number of aryl methyl sites for hydroxylation is 1. The Morgan fingerprint density at radius 2 is 1.87 bits per heavy atom. The summed E-state index contributed by atoms with van der Waals surface area (Å²) >= 11 is 0. The molecule has 1 fully saturated rings. The number of aromatic nitrogens is 1. The van der Waals surface area contributed by atoms with Crippen LogP contribution in [0, 0.1) is 0 Å². The first kappa shape index (κ1) is 18.7. The highest BCUT2D eigenvalue weighted by Crippen LogP contribution is 2.35. The topological polar surface area (TPSA) is 53.5 Å². The normalized spacial score (nSPS) is 17.6. The molecule has 2 aromatic carbocycles. The Morgan fingerprint density at radius 1 is 1.07 bits per heavy atom. The van der Waals surface area contributed by atoms with Gasteiger partial charge in [-0.2, -0.15) is 0 Å². The number of fused-ring (bicyclic) bond motifs is 2. The standard InChI is InChI=1S/C23H19F2N3O2/c1-27-20-6-4-14(8-15(20)5-7-21(27)29)19-11-26-10-17-3-2-16(9-18(17)19)22(30)28-12-23(24,25)13-28/h2-4,6,8-11H,5,7,12-13H2,1H3. The summed E-state index contributed by atoms with van der Waals surface area (Å²) in [6.45, 7) is -1.08. The Morgan fingerprint density at radius 3 is 2.63 bits per heavy atom. The Balaban J connectivity index is 1.55. The molecule has 2 aliphatic rings. The summed E-state index contributed by atoms with van der Waals surface area (Å²) in [5.41, 5.74) is 4.17. The summed E-state index contributed by atoms with van der Waals surface area (Å²) < 4.78 is 26.3. The average molecular weight is 407 g/mol. The van der Waals surface area contributed by atoms with Crippen molar-refractivity contribution in [2.24, 2.45) is 0 Å². The third-order valence-corrected chi connectivity index (χ3v) is 5.87. The molecule has 0 saturated carbocycles. The molecular formula is C23H19F2N3O2. The van der Waals surface area contributed by atoms with Gasteiger partial charge in [-0.3, -0.25) is 14.6 Å². The fraction of sp³-hybridized carbons (Fsp3) is 0.261. The smallest absolute Gasteiger partial charge is 0.282 e. The first-order valence-corrected chi connectivity index (χ1v) is 9.77. The lowest BCUT2D eigenvalue weighted by Crippen LogP contribution is -2.58. The summed E-state index contributed by atoms with van der Waals surface area (Å²) in [5, 5.41) is 1.70. The average Bonchev–Trinajstić information content (AvgIpc) is 2.73. The predicted molar refractivity (Wildman–Crippen MR) is 110 cm³/mol. The van der Waals surface area contributed by atoms with Gasteiger partial charge < -0.3 is 9.80 Å². The monoisotopic (exact) mass is 407 g/mol. The molecule has 5 rings (SSSR count). The number of likely N-dealkylation sites (tertiary alicyclic amines) is 1. The van der Waals surface area contributed by atoms with Crippen LogP contribution >= 0.6 is 0 Å². The van der Waals surface area contributed by atoms with Gasteiger partial charge in [-0.1, -0.05) is 12.1 Å². The van der Waals surface area contributed by atoms with Crippen LogP contribution in [-0.2, 0) is 11.2 Å². The van der Waals surface area contributed by atoms with Crippen LogP contribution in [0.3, 0.4) is 0 Å². The van der Waals surface area contributed by atoms with E-state index >= 15 is 0 Å². The van der Waals surface area contributed by atoms with Gasteiger partial charge >= 0.3 is 0 Å². The highest BCUT2D eigenvalue weighted by molar-refractivity contribution is 6.03. The quantitative estimate of drug-likeness (QED) is 0.648. The predicted octanol–water partition coefficient (Wildman–Crippen LogP) is 3.90. The number of carbonyl (C=O) groups excluding carboxylic acids is 2. The summed E-state index contributed by atoms with van der Waals surface area (Å²) in [7, 11) is 1.77. The van der Waals surface area contributed by atoms with Crippen molar-refractivity contribution in [1.29, 1.82) is 0 Å². The molecule has 1 aromatic heterocycles. The molecule has 0 radical (unpaired) electrons. The number of amides is 2. The van der Waals surface area contributed by atoms with E-state index in [-0.39, 0.29) is 5.91 Å². The van der Waals surface area contributed by atoms with Crippen molar-refractivity contribution >= 4 is 28.3 Å². The number of pyridine rings is 1. The molecule has 0 unspecified atom stereocenters. The van der Waals surface area contributed by atoms with E-state index in [1.807, 2.05) is 12.1 Å². The van der Waals surface area contributed by atoms with E-state index < -0.39 is 24.9 Å². The molecule has 30 heavy (non-hydrogen) atoms. The van der Waals surface area contributed by atoms with Crippen LogP contribution in [0.1, 0.15) is 22.3 Å². The number of alkyl halides is 2. The Kier molecular flexibility index (Phi) is 4.10. The first-order valence-electron chi connectivity index (χ1n) is 9.77. The number of anilines is 1. The zero-order valence-corrected chi connectivity index (χ0v) is 16.4. The maximum absolute atomic E-state index is 13.2. The summed E-state index contributed by atoms with van der Waals surface area (Å²) in [5.74, 6) is -3.09. The van der Waals surface area contributed by atoms with Crippen LogP contribution in [0.25, 0.3) is 21.9 Å². The summed E-state index contributed by atoms with van der Waals surface area (Å²) in [4.78, 5) is 31.7. The summed E-state index contributed by atoms with van der Waals surface area (Å²) in [6, 6.07) is 11.1. The third kappa shape index (κ3) is 3.01. The molecule has 152 valence electrons. The first-order chi connectivity index (χ1) is 14.3. The van der Waals surface area contributed by atoms with Crippen LogP contribution in [0.2, 0.25) is 0 Å². The minimum absolute atomic E-state index is 0.0989. The number of hydrogen-bond donors (Lipinski definition) is 0. The van der Waals surface area contributed by atoms with Gasteiger partial charge in [0.15, 0.2) is 0 Å². The fourth-order valence-electron chi connectivity index (χ4n) is 4.19. The molecule has 1 saturated heterocycles. The van der Waals surface area contributed by atoms with E-state index in [4.69, 9.17) is 0 Å². The Hall–Kier alpha value is -3.35. The molecule has 0 N–H and O–H groups in total. The molecule has 0 bridgehead atoms. The lowest BCUT2D eigenvalue weighted by Gasteiger charge is -2.38. The fourth-order valence-corrected chi connectivity index (χ4v) is 4.19. The number of benzene rings is 2. The molecule has 0 spiro atoms. The van der Waals surface area contributed by atoms with Crippen molar-refractivity contribution in [3.63, 3.8) is 0 Å². The molecule has 5 nitrogen and oxygen atoms in total. The van der Waals surface area contributed by atoms with Gasteiger partial charge in [0, 0.05) is 48.1 Å². The Bertz CT molecular complexity index is 1200. The maximum atomic E-state index is 13.2. The second-order valence-corrected chi connectivity index (χ2v) is 7.94. The van der Waals surface area contributed by atoms with Crippen LogP contribution in [0.15, 0.2) is 48.8 Å². The van der Waals surface area contributed by atoms with Crippen molar-refractivity contribution in [3.8, 4) is 11.1 Å². The highest BCUT2D eigenvalue weighted by Gasteiger charge is 2.46. The van der Waals surface area contributed by atoms with E-state index in [0.29, 0.717) is 18.4 Å². The van der Waals surface area contributed by atoms with Crippen molar-refractivity contribution < 1.29 is 18.4 Å². The minimum atomic E-state index is -2.79. The highest BCUT2D eigenvalue weighted by atomic mass is 19.3. The summed E-state index contributed by atoms with van der Waals surface area (Å²) in [6.07, 6.45) is 4.61. The maximum Gasteiger partial charge on any atom is 0.282 e. The van der Waals surface area contributed by atoms with Crippen LogP contribution in [0.4, 0.5) is 14.5 Å². The SMILES string of the molecule is CN1C(=O)CCc2cc(-c3cncc4ccc(C(=O)N5CC(F)(F)C5)cc34)ccc21. The molecule has 2 amide bonds. The van der Waals surface area contributed by atoms with Crippen molar-refractivity contribution in [2.75, 3.05) is 25.0 Å². The van der Waals surface area contributed by atoms with E-state index in [2.05, 4.69) is 11.1 Å². The second-order valence-electron chi connectivity index (χ2n) is 7.94. The minimum Gasteiger partial charge on any atom is -0.326 e.